The molecule has 2 N–H and O–H groups in total. The fourth-order valence-electron chi connectivity index (χ4n) is 2.44. The Morgan fingerprint density at radius 1 is 1.39 bits per heavy atom. The van der Waals surface area contributed by atoms with Gasteiger partial charge in [0.15, 0.2) is 0 Å². The molecule has 0 aromatic rings. The van der Waals surface area contributed by atoms with Gasteiger partial charge in [-0.25, -0.2) is 0 Å². The number of carbonyl (C=O) groups is 1. The highest BCUT2D eigenvalue weighted by atomic mass is 16.5. The van der Waals surface area contributed by atoms with Crippen LogP contribution in [0.15, 0.2) is 0 Å². The number of hydrogen-bond donors (Lipinski definition) is 2. The van der Waals surface area contributed by atoms with E-state index in [9.17, 15) is 4.79 Å². The number of nitrogens with one attached hydrogen (secondary N) is 2. The molecule has 1 aliphatic rings. The molecule has 0 spiro atoms. The van der Waals surface area contributed by atoms with Crippen LogP contribution in [0.25, 0.3) is 0 Å². The van der Waals surface area contributed by atoms with Crippen LogP contribution in [0.3, 0.4) is 0 Å². The summed E-state index contributed by atoms with van der Waals surface area (Å²) in [5, 5.41) is 6.34. The Kier molecular flexibility index (Phi) is 5.17. The number of carbonyl (C=O) groups excluding carboxylic acids is 1. The second kappa shape index (κ2) is 6.02. The molecule has 106 valence electrons. The molecule has 4 nitrogen and oxygen atoms in total. The molecule has 3 atom stereocenters. The van der Waals surface area contributed by atoms with Gasteiger partial charge in [0.1, 0.15) is 0 Å². The van der Waals surface area contributed by atoms with Crippen molar-refractivity contribution in [1.82, 2.24) is 10.6 Å². The van der Waals surface area contributed by atoms with E-state index in [2.05, 4.69) is 24.5 Å². The standard InChI is InChI=1S/C14H28N2O2/c1-7-18-12-8-11(14(12,5)6)16-10(4)13(17)15-9(2)3/h9-12,16H,7-8H2,1-6H3,(H,15,17). The van der Waals surface area contributed by atoms with Gasteiger partial charge in [0, 0.05) is 24.1 Å². The van der Waals surface area contributed by atoms with Crippen LogP contribution < -0.4 is 10.6 Å². The molecule has 18 heavy (non-hydrogen) atoms. The van der Waals surface area contributed by atoms with Crippen molar-refractivity contribution < 1.29 is 9.53 Å². The number of hydrogen-bond acceptors (Lipinski definition) is 3. The van der Waals surface area contributed by atoms with E-state index in [1.807, 2.05) is 27.7 Å². The van der Waals surface area contributed by atoms with E-state index in [1.54, 1.807) is 0 Å². The lowest BCUT2D eigenvalue weighted by molar-refractivity contribution is -0.130. The van der Waals surface area contributed by atoms with Crippen LogP contribution in [0.5, 0.6) is 0 Å². The van der Waals surface area contributed by atoms with E-state index in [4.69, 9.17) is 4.74 Å². The van der Waals surface area contributed by atoms with Crippen molar-refractivity contribution in [3.05, 3.63) is 0 Å². The van der Waals surface area contributed by atoms with Crippen molar-refractivity contribution in [1.29, 1.82) is 0 Å². The van der Waals surface area contributed by atoms with Crippen LogP contribution in [0.4, 0.5) is 0 Å². The van der Waals surface area contributed by atoms with E-state index >= 15 is 0 Å². The Bertz CT molecular complexity index is 290. The zero-order valence-electron chi connectivity index (χ0n) is 12.5. The van der Waals surface area contributed by atoms with Crippen molar-refractivity contribution in [3.63, 3.8) is 0 Å². The molecular weight excluding hydrogens is 228 g/mol. The van der Waals surface area contributed by atoms with E-state index in [0.717, 1.165) is 13.0 Å². The van der Waals surface area contributed by atoms with Gasteiger partial charge in [0.2, 0.25) is 5.91 Å². The molecule has 0 aromatic carbocycles. The summed E-state index contributed by atoms with van der Waals surface area (Å²) in [4.78, 5) is 11.8. The second-order valence-electron chi connectivity index (χ2n) is 6.11. The van der Waals surface area contributed by atoms with Crippen molar-refractivity contribution in [2.24, 2.45) is 5.41 Å². The molecule has 1 aliphatic carbocycles. The first-order valence-corrected chi connectivity index (χ1v) is 6.97. The van der Waals surface area contributed by atoms with Gasteiger partial charge in [-0.1, -0.05) is 13.8 Å². The maximum absolute atomic E-state index is 11.8. The maximum Gasteiger partial charge on any atom is 0.237 e. The zero-order chi connectivity index (χ0) is 13.9. The van der Waals surface area contributed by atoms with E-state index < -0.39 is 0 Å². The fourth-order valence-corrected chi connectivity index (χ4v) is 2.44. The Labute approximate surface area is 111 Å². The van der Waals surface area contributed by atoms with E-state index in [0.29, 0.717) is 12.1 Å². The Hall–Kier alpha value is -0.610. The first-order chi connectivity index (χ1) is 8.28. The molecule has 1 saturated carbocycles. The highest BCUT2D eigenvalue weighted by molar-refractivity contribution is 5.81. The molecular formula is C14H28N2O2. The molecule has 0 bridgehead atoms. The highest BCUT2D eigenvalue weighted by Gasteiger charge is 2.49. The number of ether oxygens (including phenoxy) is 1. The van der Waals surface area contributed by atoms with Gasteiger partial charge in [0.05, 0.1) is 12.1 Å². The van der Waals surface area contributed by atoms with Gasteiger partial charge < -0.3 is 15.4 Å². The normalized spacial score (nSPS) is 27.7. The largest absolute Gasteiger partial charge is 0.378 e. The third kappa shape index (κ3) is 3.45. The fraction of sp³-hybridized carbons (Fsp3) is 0.929. The van der Waals surface area contributed by atoms with Crippen LogP contribution in [0, 0.1) is 5.41 Å². The van der Waals surface area contributed by atoms with Gasteiger partial charge >= 0.3 is 0 Å². The summed E-state index contributed by atoms with van der Waals surface area (Å²) in [6.07, 6.45) is 1.29. The molecule has 0 saturated heterocycles. The summed E-state index contributed by atoms with van der Waals surface area (Å²) in [6.45, 7) is 13.0. The van der Waals surface area contributed by atoms with Crippen LogP contribution in [-0.4, -0.2) is 36.7 Å². The van der Waals surface area contributed by atoms with Crippen LogP contribution in [0.2, 0.25) is 0 Å². The predicted molar refractivity (Wildman–Crippen MR) is 73.5 cm³/mol. The quantitative estimate of drug-likeness (QED) is 0.760. The average Bonchev–Trinajstić information content (AvgIpc) is 2.26. The molecule has 1 rings (SSSR count). The lowest BCUT2D eigenvalue weighted by Gasteiger charge is -2.52. The Morgan fingerprint density at radius 2 is 2.00 bits per heavy atom. The first-order valence-electron chi connectivity index (χ1n) is 6.97. The van der Waals surface area contributed by atoms with Gasteiger partial charge in [0.25, 0.3) is 0 Å². The number of amides is 1. The lowest BCUT2D eigenvalue weighted by Crippen LogP contribution is -2.64. The summed E-state index contributed by atoms with van der Waals surface area (Å²) in [7, 11) is 0. The summed E-state index contributed by atoms with van der Waals surface area (Å²) < 4.78 is 5.69. The maximum atomic E-state index is 11.8. The summed E-state index contributed by atoms with van der Waals surface area (Å²) in [5.41, 5.74) is 0.0996. The smallest absolute Gasteiger partial charge is 0.237 e. The minimum Gasteiger partial charge on any atom is -0.378 e. The summed E-state index contributed by atoms with van der Waals surface area (Å²) in [6, 6.07) is 0.383. The minimum absolute atomic E-state index is 0.0701. The zero-order valence-corrected chi connectivity index (χ0v) is 12.5. The molecule has 0 radical (unpaired) electrons. The van der Waals surface area contributed by atoms with Crippen LogP contribution >= 0.6 is 0 Å². The molecule has 1 amide bonds. The third-order valence-electron chi connectivity index (χ3n) is 3.82. The molecule has 0 heterocycles. The first kappa shape index (κ1) is 15.4. The topological polar surface area (TPSA) is 50.4 Å². The predicted octanol–water partition coefficient (Wildman–Crippen LogP) is 1.69. The highest BCUT2D eigenvalue weighted by Crippen LogP contribution is 2.42. The Balaban J connectivity index is 2.43. The summed E-state index contributed by atoms with van der Waals surface area (Å²) >= 11 is 0. The SMILES string of the molecule is CCOC1CC(NC(C)C(=O)NC(C)C)C1(C)C. The van der Waals surface area contributed by atoms with Crippen molar-refractivity contribution >= 4 is 5.91 Å². The van der Waals surface area contributed by atoms with Crippen LogP contribution in [0.1, 0.15) is 48.0 Å². The molecule has 0 aromatic heterocycles. The van der Waals surface area contributed by atoms with E-state index in [-0.39, 0.29) is 23.4 Å². The molecule has 1 fully saturated rings. The molecule has 3 unspecified atom stereocenters. The lowest BCUT2D eigenvalue weighted by atomic mass is 9.64. The molecule has 0 aliphatic heterocycles. The van der Waals surface area contributed by atoms with Gasteiger partial charge in [-0.15, -0.1) is 0 Å². The number of rotatable bonds is 6. The van der Waals surface area contributed by atoms with E-state index in [1.165, 1.54) is 0 Å². The van der Waals surface area contributed by atoms with Gasteiger partial charge in [-0.05, 0) is 34.1 Å². The third-order valence-corrected chi connectivity index (χ3v) is 3.82. The summed E-state index contributed by atoms with van der Waals surface area (Å²) in [5.74, 6) is 0.0701. The minimum atomic E-state index is -0.153. The van der Waals surface area contributed by atoms with Crippen molar-refractivity contribution in [3.8, 4) is 0 Å². The average molecular weight is 256 g/mol. The van der Waals surface area contributed by atoms with Crippen LogP contribution in [-0.2, 0) is 9.53 Å². The van der Waals surface area contributed by atoms with Crippen molar-refractivity contribution in [2.45, 2.75) is 72.2 Å². The molecule has 4 heteroatoms. The Morgan fingerprint density at radius 3 is 2.44 bits per heavy atom. The second-order valence-corrected chi connectivity index (χ2v) is 6.11. The van der Waals surface area contributed by atoms with Crippen molar-refractivity contribution in [2.75, 3.05) is 6.61 Å². The van der Waals surface area contributed by atoms with Gasteiger partial charge in [-0.3, -0.25) is 4.79 Å². The monoisotopic (exact) mass is 256 g/mol. The van der Waals surface area contributed by atoms with Gasteiger partial charge in [-0.2, -0.15) is 0 Å².